The van der Waals surface area contributed by atoms with Gasteiger partial charge in [0.25, 0.3) is 5.91 Å². The van der Waals surface area contributed by atoms with Crippen LogP contribution in [-0.4, -0.2) is 81.5 Å². The molecule has 4 rings (SSSR count). The molecule has 3 heterocycles. The first kappa shape index (κ1) is 20.4. The van der Waals surface area contributed by atoms with Crippen molar-refractivity contribution in [3.63, 3.8) is 0 Å². The van der Waals surface area contributed by atoms with Gasteiger partial charge in [0.15, 0.2) is 0 Å². The quantitative estimate of drug-likeness (QED) is 0.692. The van der Waals surface area contributed by atoms with Crippen molar-refractivity contribution in [1.29, 1.82) is 0 Å². The van der Waals surface area contributed by atoms with Gasteiger partial charge in [-0.05, 0) is 24.5 Å². The average molecular weight is 430 g/mol. The molecule has 3 amide bonds. The van der Waals surface area contributed by atoms with Gasteiger partial charge in [0.05, 0.1) is 18.3 Å². The number of benzene rings is 1. The van der Waals surface area contributed by atoms with Crippen molar-refractivity contribution in [1.82, 2.24) is 24.5 Å². The summed E-state index contributed by atoms with van der Waals surface area (Å²) in [5.74, 6) is -1.01. The zero-order valence-electron chi connectivity index (χ0n) is 16.7. The van der Waals surface area contributed by atoms with Crippen LogP contribution in [0.4, 0.5) is 0 Å². The van der Waals surface area contributed by atoms with E-state index >= 15 is 0 Å². The fourth-order valence-corrected chi connectivity index (χ4v) is 4.04. The number of aromatic nitrogens is 2. The SMILES string of the molecule is O=C(C(=O)N1CCN(C(=O)c2cnn(Cc3ccccc3Cl)c2)CC1)N1CCCC1. The van der Waals surface area contributed by atoms with Crippen molar-refractivity contribution in [3.05, 3.63) is 52.8 Å². The van der Waals surface area contributed by atoms with Crippen molar-refractivity contribution in [2.24, 2.45) is 0 Å². The van der Waals surface area contributed by atoms with E-state index in [2.05, 4.69) is 5.10 Å². The van der Waals surface area contributed by atoms with Gasteiger partial charge in [0, 0.05) is 50.5 Å². The predicted octanol–water partition coefficient (Wildman–Crippen LogP) is 1.49. The van der Waals surface area contributed by atoms with Gasteiger partial charge in [-0.25, -0.2) is 0 Å². The normalized spacial score (nSPS) is 16.8. The number of carbonyl (C=O) groups excluding carboxylic acids is 3. The lowest BCUT2D eigenvalue weighted by Crippen LogP contribution is -2.54. The van der Waals surface area contributed by atoms with Gasteiger partial charge >= 0.3 is 11.8 Å². The monoisotopic (exact) mass is 429 g/mol. The third kappa shape index (κ3) is 4.33. The maximum Gasteiger partial charge on any atom is 0.312 e. The number of hydrogen-bond donors (Lipinski definition) is 0. The van der Waals surface area contributed by atoms with Crippen LogP contribution in [0.15, 0.2) is 36.7 Å². The molecule has 0 radical (unpaired) electrons. The zero-order valence-corrected chi connectivity index (χ0v) is 17.4. The fourth-order valence-electron chi connectivity index (χ4n) is 3.85. The molecule has 9 heteroatoms. The smallest absolute Gasteiger partial charge is 0.312 e. The van der Waals surface area contributed by atoms with E-state index in [9.17, 15) is 14.4 Å². The summed E-state index contributed by atoms with van der Waals surface area (Å²) in [7, 11) is 0. The first-order valence-electron chi connectivity index (χ1n) is 10.2. The van der Waals surface area contributed by atoms with Crippen molar-refractivity contribution in [2.75, 3.05) is 39.3 Å². The maximum absolute atomic E-state index is 12.8. The molecule has 0 saturated carbocycles. The number of amides is 3. The third-order valence-electron chi connectivity index (χ3n) is 5.60. The molecule has 0 bridgehead atoms. The molecule has 2 aromatic rings. The lowest BCUT2D eigenvalue weighted by molar-refractivity contribution is -0.152. The van der Waals surface area contributed by atoms with Gasteiger partial charge in [0.1, 0.15) is 0 Å². The van der Waals surface area contributed by atoms with Gasteiger partial charge in [-0.2, -0.15) is 5.10 Å². The number of rotatable bonds is 3. The summed E-state index contributed by atoms with van der Waals surface area (Å²) in [5.41, 5.74) is 1.42. The molecule has 2 aliphatic rings. The molecule has 0 unspecified atom stereocenters. The van der Waals surface area contributed by atoms with Crippen molar-refractivity contribution < 1.29 is 14.4 Å². The third-order valence-corrected chi connectivity index (χ3v) is 5.97. The van der Waals surface area contributed by atoms with Gasteiger partial charge in [-0.15, -0.1) is 0 Å². The predicted molar refractivity (Wildman–Crippen MR) is 111 cm³/mol. The second-order valence-electron chi connectivity index (χ2n) is 7.60. The van der Waals surface area contributed by atoms with Gasteiger partial charge < -0.3 is 14.7 Å². The second kappa shape index (κ2) is 8.87. The molecule has 1 aromatic heterocycles. The molecule has 2 aliphatic heterocycles. The summed E-state index contributed by atoms with van der Waals surface area (Å²) in [5, 5.41) is 4.93. The Labute approximate surface area is 180 Å². The summed E-state index contributed by atoms with van der Waals surface area (Å²) in [4.78, 5) is 42.4. The average Bonchev–Trinajstić information content (AvgIpc) is 3.46. The van der Waals surface area contributed by atoms with Crippen LogP contribution in [0.3, 0.4) is 0 Å². The first-order valence-corrected chi connectivity index (χ1v) is 10.5. The minimum atomic E-state index is -0.462. The molecule has 2 saturated heterocycles. The summed E-state index contributed by atoms with van der Waals surface area (Å²) >= 11 is 6.19. The molecule has 0 N–H and O–H groups in total. The maximum atomic E-state index is 12.8. The highest BCUT2D eigenvalue weighted by molar-refractivity contribution is 6.35. The Morgan fingerprint density at radius 1 is 0.867 bits per heavy atom. The van der Waals surface area contributed by atoms with Crippen LogP contribution in [0.1, 0.15) is 28.8 Å². The standard InChI is InChI=1S/C21H24ClN5O3/c22-18-6-2-1-5-16(18)14-27-15-17(13-23-27)19(28)25-9-11-26(12-10-25)21(30)20(29)24-7-3-4-8-24/h1-2,5-6,13,15H,3-4,7-12,14H2. The Balaban J connectivity index is 1.32. The number of piperazine rings is 1. The lowest BCUT2D eigenvalue weighted by Gasteiger charge is -2.34. The van der Waals surface area contributed by atoms with E-state index in [0.29, 0.717) is 56.4 Å². The van der Waals surface area contributed by atoms with Crippen LogP contribution >= 0.6 is 11.6 Å². The van der Waals surface area contributed by atoms with Crippen LogP contribution in [0, 0.1) is 0 Å². The summed E-state index contributed by atoms with van der Waals surface area (Å²) in [6, 6.07) is 7.52. The topological polar surface area (TPSA) is 78.8 Å². The van der Waals surface area contributed by atoms with E-state index in [1.807, 2.05) is 24.3 Å². The highest BCUT2D eigenvalue weighted by Gasteiger charge is 2.32. The van der Waals surface area contributed by atoms with E-state index in [1.54, 1.807) is 31.8 Å². The van der Waals surface area contributed by atoms with Gasteiger partial charge in [-0.1, -0.05) is 29.8 Å². The molecule has 8 nitrogen and oxygen atoms in total. The Bertz CT molecular complexity index is 946. The molecule has 30 heavy (non-hydrogen) atoms. The molecule has 158 valence electrons. The lowest BCUT2D eigenvalue weighted by atomic mass is 10.2. The Morgan fingerprint density at radius 2 is 1.47 bits per heavy atom. The molecular formula is C21H24ClN5O3. The summed E-state index contributed by atoms with van der Waals surface area (Å²) in [6.45, 7) is 3.30. The van der Waals surface area contributed by atoms with Crippen LogP contribution in [0.25, 0.3) is 0 Å². The molecule has 0 atom stereocenters. The molecule has 0 aliphatic carbocycles. The Kier molecular flexibility index (Phi) is 6.03. The Hall–Kier alpha value is -2.87. The molecular weight excluding hydrogens is 406 g/mol. The van der Waals surface area contributed by atoms with E-state index in [1.165, 1.54) is 0 Å². The zero-order chi connectivity index (χ0) is 21.1. The van der Waals surface area contributed by atoms with Gasteiger partial charge in [-0.3, -0.25) is 19.1 Å². The molecule has 0 spiro atoms. The molecule has 1 aromatic carbocycles. The number of nitrogens with zero attached hydrogens (tertiary/aromatic N) is 5. The Morgan fingerprint density at radius 3 is 2.13 bits per heavy atom. The number of carbonyl (C=O) groups is 3. The fraction of sp³-hybridized carbons (Fsp3) is 0.429. The number of likely N-dealkylation sites (tertiary alicyclic amines) is 1. The van der Waals surface area contributed by atoms with Crippen LogP contribution in [0.5, 0.6) is 0 Å². The van der Waals surface area contributed by atoms with Crippen molar-refractivity contribution in [3.8, 4) is 0 Å². The molecule has 2 fully saturated rings. The largest absolute Gasteiger partial charge is 0.335 e. The van der Waals surface area contributed by atoms with E-state index < -0.39 is 11.8 Å². The van der Waals surface area contributed by atoms with Crippen LogP contribution in [-0.2, 0) is 16.1 Å². The first-order chi connectivity index (χ1) is 14.5. The van der Waals surface area contributed by atoms with E-state index in [4.69, 9.17) is 11.6 Å². The minimum Gasteiger partial charge on any atom is -0.335 e. The van der Waals surface area contributed by atoms with Gasteiger partial charge in [0.2, 0.25) is 0 Å². The van der Waals surface area contributed by atoms with E-state index in [0.717, 1.165) is 18.4 Å². The van der Waals surface area contributed by atoms with Crippen LogP contribution < -0.4 is 0 Å². The van der Waals surface area contributed by atoms with E-state index in [-0.39, 0.29) is 5.91 Å². The van der Waals surface area contributed by atoms with Crippen molar-refractivity contribution in [2.45, 2.75) is 19.4 Å². The van der Waals surface area contributed by atoms with Crippen molar-refractivity contribution >= 4 is 29.3 Å². The highest BCUT2D eigenvalue weighted by atomic mass is 35.5. The van der Waals surface area contributed by atoms with Crippen LogP contribution in [0.2, 0.25) is 5.02 Å². The minimum absolute atomic E-state index is 0.127. The summed E-state index contributed by atoms with van der Waals surface area (Å²) < 4.78 is 1.68. The number of halogens is 1. The number of hydrogen-bond acceptors (Lipinski definition) is 4. The second-order valence-corrected chi connectivity index (χ2v) is 8.01. The summed E-state index contributed by atoms with van der Waals surface area (Å²) in [6.07, 6.45) is 5.16. The highest BCUT2D eigenvalue weighted by Crippen LogP contribution is 2.17.